The molecule has 6 nitrogen and oxygen atoms in total. The highest BCUT2D eigenvalue weighted by molar-refractivity contribution is 7.13. The molecule has 118 valence electrons. The van der Waals surface area contributed by atoms with Gasteiger partial charge in [-0.15, -0.1) is 11.3 Å². The summed E-state index contributed by atoms with van der Waals surface area (Å²) in [5.74, 6) is 0.903. The highest BCUT2D eigenvalue weighted by Crippen LogP contribution is 2.22. The van der Waals surface area contributed by atoms with E-state index in [9.17, 15) is 4.79 Å². The largest absolute Gasteiger partial charge is 0.496 e. The molecule has 23 heavy (non-hydrogen) atoms. The maximum Gasteiger partial charge on any atom is 0.338 e. The summed E-state index contributed by atoms with van der Waals surface area (Å²) in [5.41, 5.74) is 1.35. The van der Waals surface area contributed by atoms with Gasteiger partial charge in [0.2, 0.25) is 5.82 Å². The topological polar surface area (TPSA) is 74.5 Å². The molecule has 0 aliphatic carbocycles. The van der Waals surface area contributed by atoms with E-state index in [0.29, 0.717) is 17.1 Å². The van der Waals surface area contributed by atoms with Crippen LogP contribution in [0, 0.1) is 6.92 Å². The maximum atomic E-state index is 12.1. The number of hydrogen-bond acceptors (Lipinski definition) is 7. The van der Waals surface area contributed by atoms with E-state index in [1.54, 1.807) is 25.3 Å². The fourth-order valence-electron chi connectivity index (χ4n) is 1.98. The van der Waals surface area contributed by atoms with Gasteiger partial charge < -0.3 is 14.0 Å². The van der Waals surface area contributed by atoms with Crippen molar-refractivity contribution in [1.29, 1.82) is 0 Å². The SMILES string of the molecule is COc1cc(C(=O)OCc2nc(-c3cccs3)no2)ccc1C. The number of aryl methyl sites for hydroxylation is 1. The summed E-state index contributed by atoms with van der Waals surface area (Å²) in [6.45, 7) is 1.83. The summed E-state index contributed by atoms with van der Waals surface area (Å²) >= 11 is 1.51. The van der Waals surface area contributed by atoms with Crippen LogP contribution in [0.5, 0.6) is 5.75 Å². The van der Waals surface area contributed by atoms with E-state index < -0.39 is 5.97 Å². The minimum absolute atomic E-state index is 0.0760. The lowest BCUT2D eigenvalue weighted by Gasteiger charge is -2.07. The number of ether oxygens (including phenoxy) is 2. The molecule has 1 aromatic carbocycles. The third kappa shape index (κ3) is 3.40. The predicted molar refractivity (Wildman–Crippen MR) is 84.5 cm³/mol. The van der Waals surface area contributed by atoms with E-state index in [1.807, 2.05) is 24.4 Å². The first-order valence-electron chi connectivity index (χ1n) is 6.85. The lowest BCUT2D eigenvalue weighted by atomic mass is 10.1. The van der Waals surface area contributed by atoms with Crippen LogP contribution in [0.4, 0.5) is 0 Å². The van der Waals surface area contributed by atoms with E-state index >= 15 is 0 Å². The van der Waals surface area contributed by atoms with Crippen molar-refractivity contribution in [3.05, 3.63) is 52.7 Å². The van der Waals surface area contributed by atoms with E-state index in [2.05, 4.69) is 10.1 Å². The summed E-state index contributed by atoms with van der Waals surface area (Å²) in [5, 5.41) is 5.79. The van der Waals surface area contributed by atoms with Crippen molar-refractivity contribution in [2.45, 2.75) is 13.5 Å². The number of benzene rings is 1. The molecule has 7 heteroatoms. The normalized spacial score (nSPS) is 10.5. The number of carbonyl (C=O) groups is 1. The Morgan fingerprint density at radius 3 is 2.96 bits per heavy atom. The molecular formula is C16H14N2O4S. The van der Waals surface area contributed by atoms with Gasteiger partial charge in [-0.2, -0.15) is 4.98 Å². The quantitative estimate of drug-likeness (QED) is 0.667. The summed E-state index contributed by atoms with van der Waals surface area (Å²) in [6.07, 6.45) is 0. The van der Waals surface area contributed by atoms with Crippen LogP contribution in [0.2, 0.25) is 0 Å². The Morgan fingerprint density at radius 1 is 1.35 bits per heavy atom. The molecule has 0 saturated carbocycles. The van der Waals surface area contributed by atoms with Gasteiger partial charge in [0.15, 0.2) is 6.61 Å². The molecule has 3 aromatic rings. The smallest absolute Gasteiger partial charge is 0.338 e. The van der Waals surface area contributed by atoms with Gasteiger partial charge in [-0.1, -0.05) is 17.3 Å². The van der Waals surface area contributed by atoms with Crippen molar-refractivity contribution in [2.75, 3.05) is 7.11 Å². The van der Waals surface area contributed by atoms with E-state index in [0.717, 1.165) is 10.4 Å². The van der Waals surface area contributed by atoms with Gasteiger partial charge in [-0.25, -0.2) is 4.79 Å². The van der Waals surface area contributed by atoms with Crippen molar-refractivity contribution in [3.8, 4) is 16.5 Å². The first kappa shape index (κ1) is 15.2. The van der Waals surface area contributed by atoms with Crippen LogP contribution in [0.1, 0.15) is 21.8 Å². The highest BCUT2D eigenvalue weighted by atomic mass is 32.1. The number of esters is 1. The molecule has 0 bridgehead atoms. The fourth-order valence-corrected chi connectivity index (χ4v) is 2.63. The van der Waals surface area contributed by atoms with Crippen LogP contribution in [0.3, 0.4) is 0 Å². The molecule has 0 amide bonds. The fraction of sp³-hybridized carbons (Fsp3) is 0.188. The van der Waals surface area contributed by atoms with Crippen LogP contribution < -0.4 is 4.74 Å². The van der Waals surface area contributed by atoms with Crippen LogP contribution in [-0.2, 0) is 11.3 Å². The third-order valence-corrected chi connectivity index (χ3v) is 4.05. The minimum Gasteiger partial charge on any atom is -0.496 e. The summed E-state index contributed by atoms with van der Waals surface area (Å²) in [6, 6.07) is 8.93. The molecule has 0 N–H and O–H groups in total. The van der Waals surface area contributed by atoms with Gasteiger partial charge in [-0.3, -0.25) is 0 Å². The van der Waals surface area contributed by atoms with E-state index in [1.165, 1.54) is 11.3 Å². The number of methoxy groups -OCH3 is 1. The number of hydrogen-bond donors (Lipinski definition) is 0. The molecule has 2 aromatic heterocycles. The summed E-state index contributed by atoms with van der Waals surface area (Å²) < 4.78 is 15.5. The van der Waals surface area contributed by atoms with E-state index in [4.69, 9.17) is 14.0 Å². The van der Waals surface area contributed by atoms with Crippen molar-refractivity contribution >= 4 is 17.3 Å². The molecule has 0 saturated heterocycles. The molecule has 2 heterocycles. The molecule has 0 atom stereocenters. The van der Waals surface area contributed by atoms with Gasteiger partial charge >= 0.3 is 5.97 Å². The second kappa shape index (κ2) is 6.62. The zero-order valence-electron chi connectivity index (χ0n) is 12.6. The van der Waals surface area contributed by atoms with Crippen LogP contribution in [-0.4, -0.2) is 23.2 Å². The standard InChI is InChI=1S/C16H14N2O4S/c1-10-5-6-11(8-12(10)20-2)16(19)21-9-14-17-15(18-22-14)13-4-3-7-23-13/h3-8H,9H2,1-2H3. The van der Waals surface area contributed by atoms with Crippen LogP contribution >= 0.6 is 11.3 Å². The van der Waals surface area contributed by atoms with Crippen LogP contribution in [0.15, 0.2) is 40.2 Å². The van der Waals surface area contributed by atoms with Crippen molar-refractivity contribution in [2.24, 2.45) is 0 Å². The number of carbonyl (C=O) groups excluding carboxylic acids is 1. The Bertz CT molecular complexity index is 811. The Kier molecular flexibility index (Phi) is 4.38. The van der Waals surface area contributed by atoms with Gasteiger partial charge in [0.1, 0.15) is 5.75 Å². The average molecular weight is 330 g/mol. The zero-order valence-corrected chi connectivity index (χ0v) is 13.4. The molecule has 0 spiro atoms. The first-order valence-corrected chi connectivity index (χ1v) is 7.73. The molecule has 3 rings (SSSR count). The number of nitrogens with zero attached hydrogens (tertiary/aromatic N) is 2. The summed E-state index contributed by atoms with van der Waals surface area (Å²) in [7, 11) is 1.56. The van der Waals surface area contributed by atoms with Crippen LogP contribution in [0.25, 0.3) is 10.7 Å². The van der Waals surface area contributed by atoms with Crippen molar-refractivity contribution < 1.29 is 18.8 Å². The van der Waals surface area contributed by atoms with Crippen molar-refractivity contribution in [3.63, 3.8) is 0 Å². The predicted octanol–water partition coefficient (Wildman–Crippen LogP) is 3.47. The first-order chi connectivity index (χ1) is 11.2. The second-order valence-corrected chi connectivity index (χ2v) is 5.70. The number of thiophene rings is 1. The Morgan fingerprint density at radius 2 is 2.22 bits per heavy atom. The average Bonchev–Trinajstić information content (AvgIpc) is 3.24. The second-order valence-electron chi connectivity index (χ2n) is 4.75. The number of aromatic nitrogens is 2. The molecule has 0 unspecified atom stereocenters. The van der Waals surface area contributed by atoms with Gasteiger partial charge in [0.25, 0.3) is 5.89 Å². The molecular weight excluding hydrogens is 316 g/mol. The van der Waals surface area contributed by atoms with Gasteiger partial charge in [-0.05, 0) is 36.1 Å². The lowest BCUT2D eigenvalue weighted by molar-refractivity contribution is 0.0429. The van der Waals surface area contributed by atoms with Gasteiger partial charge in [0.05, 0.1) is 17.6 Å². The van der Waals surface area contributed by atoms with Gasteiger partial charge in [0, 0.05) is 0 Å². The number of rotatable bonds is 5. The Balaban J connectivity index is 1.65. The maximum absolute atomic E-state index is 12.1. The monoisotopic (exact) mass is 330 g/mol. The summed E-state index contributed by atoms with van der Waals surface area (Å²) in [4.78, 5) is 17.2. The van der Waals surface area contributed by atoms with E-state index in [-0.39, 0.29) is 12.5 Å². The zero-order chi connectivity index (χ0) is 16.2. The highest BCUT2D eigenvalue weighted by Gasteiger charge is 2.14. The molecule has 0 fully saturated rings. The Hall–Kier alpha value is -2.67. The molecule has 0 aliphatic rings. The third-order valence-electron chi connectivity index (χ3n) is 3.18. The minimum atomic E-state index is -0.473. The van der Waals surface area contributed by atoms with Crippen molar-refractivity contribution in [1.82, 2.24) is 10.1 Å². The molecule has 0 aliphatic heterocycles. The Labute approximate surface area is 136 Å². The lowest BCUT2D eigenvalue weighted by Crippen LogP contribution is -2.06. The molecule has 0 radical (unpaired) electrons.